The number of benzene rings is 1. The van der Waals surface area contributed by atoms with Gasteiger partial charge >= 0.3 is 0 Å². The van der Waals surface area contributed by atoms with Gasteiger partial charge in [-0.25, -0.2) is 5.43 Å². The Morgan fingerprint density at radius 3 is 2.76 bits per heavy atom. The van der Waals surface area contributed by atoms with Gasteiger partial charge in [0.1, 0.15) is 0 Å². The second-order valence-corrected chi connectivity index (χ2v) is 5.32. The van der Waals surface area contributed by atoms with Gasteiger partial charge in [0.2, 0.25) is 0 Å². The summed E-state index contributed by atoms with van der Waals surface area (Å²) >= 11 is 1.52. The van der Waals surface area contributed by atoms with Gasteiger partial charge in [0, 0.05) is 16.5 Å². The highest BCUT2D eigenvalue weighted by molar-refractivity contribution is 7.11. The van der Waals surface area contributed by atoms with Crippen LogP contribution < -0.4 is 5.43 Å². The predicted octanol–water partition coefficient (Wildman–Crippen LogP) is 3.04. The lowest BCUT2D eigenvalue weighted by Crippen LogP contribution is -2.19. The summed E-state index contributed by atoms with van der Waals surface area (Å²) < 4.78 is 0. The van der Waals surface area contributed by atoms with E-state index >= 15 is 0 Å². The fourth-order valence-electron chi connectivity index (χ4n) is 1.79. The Kier molecular flexibility index (Phi) is 4.44. The molecule has 2 aromatic rings. The third-order valence-electron chi connectivity index (χ3n) is 3.00. The largest absolute Gasteiger partial charge is 0.273 e. The number of thiophene rings is 1. The number of hydrazone groups is 1. The highest BCUT2D eigenvalue weighted by Gasteiger charge is 2.17. The monoisotopic (exact) mass is 303 g/mol. The zero-order valence-electron chi connectivity index (χ0n) is 11.5. The first kappa shape index (κ1) is 14.9. The standard InChI is InChI=1S/C14H13N3O3S/c1-9-6-7-21-13(9)8-15-16-14(18)11-4-3-5-12(10(11)2)17(19)20/h3-8H,1-2H3,(H,16,18)/b15-8-. The average Bonchev–Trinajstić information content (AvgIpc) is 2.84. The molecule has 1 heterocycles. The second kappa shape index (κ2) is 6.27. The Balaban J connectivity index is 2.14. The highest BCUT2D eigenvalue weighted by Crippen LogP contribution is 2.20. The zero-order valence-corrected chi connectivity index (χ0v) is 12.3. The fourth-order valence-corrected chi connectivity index (χ4v) is 2.58. The normalized spacial score (nSPS) is 10.8. The Morgan fingerprint density at radius 1 is 1.38 bits per heavy atom. The third-order valence-corrected chi connectivity index (χ3v) is 3.95. The molecule has 7 heteroatoms. The lowest BCUT2D eigenvalue weighted by molar-refractivity contribution is -0.385. The molecule has 21 heavy (non-hydrogen) atoms. The van der Waals surface area contributed by atoms with Gasteiger partial charge in [0.05, 0.1) is 16.7 Å². The van der Waals surface area contributed by atoms with Crippen molar-refractivity contribution in [2.45, 2.75) is 13.8 Å². The minimum Gasteiger partial charge on any atom is -0.267 e. The second-order valence-electron chi connectivity index (χ2n) is 4.37. The summed E-state index contributed by atoms with van der Waals surface area (Å²) in [6.45, 7) is 3.49. The summed E-state index contributed by atoms with van der Waals surface area (Å²) in [5.41, 5.74) is 3.94. The zero-order chi connectivity index (χ0) is 15.4. The summed E-state index contributed by atoms with van der Waals surface area (Å²) in [4.78, 5) is 23.3. The van der Waals surface area contributed by atoms with E-state index in [-0.39, 0.29) is 11.3 Å². The van der Waals surface area contributed by atoms with E-state index < -0.39 is 10.8 Å². The van der Waals surface area contributed by atoms with Crippen molar-refractivity contribution in [2.75, 3.05) is 0 Å². The number of nitro benzene ring substituents is 1. The van der Waals surface area contributed by atoms with Crippen LogP contribution in [0.15, 0.2) is 34.7 Å². The van der Waals surface area contributed by atoms with Crippen molar-refractivity contribution in [2.24, 2.45) is 5.10 Å². The molecule has 0 unspecified atom stereocenters. The number of carbonyl (C=O) groups excluding carboxylic acids is 1. The minimum atomic E-state index is -0.510. The highest BCUT2D eigenvalue weighted by atomic mass is 32.1. The summed E-state index contributed by atoms with van der Waals surface area (Å²) in [7, 11) is 0. The lowest BCUT2D eigenvalue weighted by atomic mass is 10.1. The van der Waals surface area contributed by atoms with Crippen molar-refractivity contribution < 1.29 is 9.72 Å². The van der Waals surface area contributed by atoms with Gasteiger partial charge < -0.3 is 0 Å². The third kappa shape index (κ3) is 3.32. The van der Waals surface area contributed by atoms with E-state index in [4.69, 9.17) is 0 Å². The van der Waals surface area contributed by atoms with Gasteiger partial charge in [-0.1, -0.05) is 6.07 Å². The van der Waals surface area contributed by atoms with Gasteiger partial charge in [-0.15, -0.1) is 11.3 Å². The molecule has 0 aliphatic heterocycles. The molecule has 0 radical (unpaired) electrons. The van der Waals surface area contributed by atoms with Crippen LogP contribution in [0.5, 0.6) is 0 Å². The minimum absolute atomic E-state index is 0.0827. The first-order valence-corrected chi connectivity index (χ1v) is 7.00. The molecule has 0 aliphatic rings. The molecule has 0 saturated heterocycles. The number of hydrogen-bond acceptors (Lipinski definition) is 5. The molecule has 108 valence electrons. The first-order chi connectivity index (χ1) is 10.0. The van der Waals surface area contributed by atoms with Crippen molar-refractivity contribution in [3.8, 4) is 0 Å². The van der Waals surface area contributed by atoms with Gasteiger partial charge in [0.25, 0.3) is 11.6 Å². The molecule has 6 nitrogen and oxygen atoms in total. The number of aryl methyl sites for hydroxylation is 1. The van der Waals surface area contributed by atoms with Gasteiger partial charge in [0.15, 0.2) is 0 Å². The SMILES string of the molecule is Cc1ccsc1/C=N\NC(=O)c1cccc([N+](=O)[O-])c1C. The van der Waals surface area contributed by atoms with Crippen LogP contribution in [-0.2, 0) is 0 Å². The number of hydrogen-bond donors (Lipinski definition) is 1. The molecule has 0 fully saturated rings. The van der Waals surface area contributed by atoms with E-state index in [1.54, 1.807) is 13.1 Å². The number of nitrogens with one attached hydrogen (secondary N) is 1. The molecule has 1 amide bonds. The molecule has 0 saturated carbocycles. The summed E-state index contributed by atoms with van der Waals surface area (Å²) in [6, 6.07) is 6.33. The van der Waals surface area contributed by atoms with Crippen LogP contribution in [-0.4, -0.2) is 17.0 Å². The maximum Gasteiger partial charge on any atom is 0.273 e. The molecular formula is C14H13N3O3S. The molecule has 0 aliphatic carbocycles. The van der Waals surface area contributed by atoms with E-state index in [0.29, 0.717) is 5.56 Å². The number of nitro groups is 1. The Labute approximate surface area is 125 Å². The Morgan fingerprint density at radius 2 is 2.14 bits per heavy atom. The number of carbonyl (C=O) groups is 1. The predicted molar refractivity (Wildman–Crippen MR) is 81.9 cm³/mol. The van der Waals surface area contributed by atoms with Crippen molar-refractivity contribution >= 4 is 29.1 Å². The molecule has 0 bridgehead atoms. The Hall–Kier alpha value is -2.54. The van der Waals surface area contributed by atoms with Crippen LogP contribution >= 0.6 is 11.3 Å². The maximum atomic E-state index is 12.0. The van der Waals surface area contributed by atoms with Crippen LogP contribution in [0.1, 0.15) is 26.4 Å². The average molecular weight is 303 g/mol. The van der Waals surface area contributed by atoms with Crippen LogP contribution in [0, 0.1) is 24.0 Å². The maximum absolute atomic E-state index is 12.0. The Bertz CT molecular complexity index is 722. The van der Waals surface area contributed by atoms with Crippen molar-refractivity contribution in [3.05, 3.63) is 61.3 Å². The van der Waals surface area contributed by atoms with Gasteiger partial charge in [-0.3, -0.25) is 14.9 Å². The first-order valence-electron chi connectivity index (χ1n) is 6.12. The van der Waals surface area contributed by atoms with Crippen LogP contribution in [0.3, 0.4) is 0 Å². The summed E-state index contributed by atoms with van der Waals surface area (Å²) in [5.74, 6) is -0.471. The van der Waals surface area contributed by atoms with Crippen molar-refractivity contribution in [1.29, 1.82) is 0 Å². The van der Waals surface area contributed by atoms with E-state index in [2.05, 4.69) is 10.5 Å². The molecule has 1 aromatic carbocycles. The van der Waals surface area contributed by atoms with E-state index in [1.807, 2.05) is 18.4 Å². The molecule has 1 N–H and O–H groups in total. The van der Waals surface area contributed by atoms with Gasteiger partial charge in [-0.05, 0) is 36.9 Å². The molecule has 2 rings (SSSR count). The van der Waals surface area contributed by atoms with Gasteiger partial charge in [-0.2, -0.15) is 5.10 Å². The van der Waals surface area contributed by atoms with Crippen LogP contribution in [0.4, 0.5) is 5.69 Å². The van der Waals surface area contributed by atoms with Crippen LogP contribution in [0.25, 0.3) is 0 Å². The molecule has 0 spiro atoms. The van der Waals surface area contributed by atoms with E-state index in [1.165, 1.54) is 29.5 Å². The fraction of sp³-hybridized carbons (Fsp3) is 0.143. The number of amides is 1. The number of rotatable bonds is 4. The van der Waals surface area contributed by atoms with E-state index in [0.717, 1.165) is 10.4 Å². The van der Waals surface area contributed by atoms with Crippen molar-refractivity contribution in [1.82, 2.24) is 5.43 Å². The summed E-state index contributed by atoms with van der Waals surface area (Å²) in [6.07, 6.45) is 1.56. The summed E-state index contributed by atoms with van der Waals surface area (Å²) in [5, 5.41) is 16.7. The topological polar surface area (TPSA) is 84.6 Å². The lowest BCUT2D eigenvalue weighted by Gasteiger charge is -2.04. The van der Waals surface area contributed by atoms with Crippen molar-refractivity contribution in [3.63, 3.8) is 0 Å². The smallest absolute Gasteiger partial charge is 0.267 e. The molecule has 1 aromatic heterocycles. The molecule has 0 atom stereocenters. The van der Waals surface area contributed by atoms with Crippen LogP contribution in [0.2, 0.25) is 0 Å². The molecular weight excluding hydrogens is 290 g/mol. The number of nitrogens with zero attached hydrogens (tertiary/aromatic N) is 2. The van der Waals surface area contributed by atoms with E-state index in [9.17, 15) is 14.9 Å². The quantitative estimate of drug-likeness (QED) is 0.535.